The van der Waals surface area contributed by atoms with Crippen molar-refractivity contribution < 1.29 is 35.1 Å². The number of unbranched alkanes of at least 4 members (excludes halogenated alkanes) is 19. The summed E-state index contributed by atoms with van der Waals surface area (Å²) in [6.07, 6.45) is 19.1. The van der Waals surface area contributed by atoms with Gasteiger partial charge in [-0.15, -0.1) is 0 Å². The summed E-state index contributed by atoms with van der Waals surface area (Å²) in [6, 6.07) is 0. The van der Waals surface area contributed by atoms with Crippen molar-refractivity contribution in [2.75, 3.05) is 26.8 Å². The van der Waals surface area contributed by atoms with Gasteiger partial charge < -0.3 is 35.2 Å². The Hall–Kier alpha value is -0.930. The standard InChI is InChI=1S/C30H61NO7/c1-3-4-5-6-7-8-9-10-11-12-13-14-15-16-17-18-19-20-21-22-23-38-30(37)31(2)24-26(33)28(35)29(36)27(34)25-32/h26-29,32-36H,3-25H2,1-2H3/t26-,27+,28+,29+/m0/s1. The van der Waals surface area contributed by atoms with Crippen LogP contribution in [0.3, 0.4) is 0 Å². The predicted octanol–water partition coefficient (Wildman–Crippen LogP) is 5.31. The Morgan fingerprint density at radius 3 is 1.32 bits per heavy atom. The van der Waals surface area contributed by atoms with Gasteiger partial charge in [0.15, 0.2) is 0 Å². The molecule has 0 spiro atoms. The van der Waals surface area contributed by atoms with E-state index in [1.165, 1.54) is 116 Å². The van der Waals surface area contributed by atoms with Crippen molar-refractivity contribution in [2.45, 2.75) is 160 Å². The van der Waals surface area contributed by atoms with Crippen molar-refractivity contribution >= 4 is 6.09 Å². The van der Waals surface area contributed by atoms with Crippen LogP contribution in [0, 0.1) is 0 Å². The molecule has 0 bridgehead atoms. The van der Waals surface area contributed by atoms with Gasteiger partial charge in [-0.25, -0.2) is 4.79 Å². The zero-order valence-corrected chi connectivity index (χ0v) is 24.6. The molecule has 4 atom stereocenters. The first kappa shape index (κ1) is 37.1. The fourth-order valence-electron chi connectivity index (χ4n) is 4.65. The first-order valence-electron chi connectivity index (χ1n) is 15.6. The van der Waals surface area contributed by atoms with Crippen LogP contribution in [0.25, 0.3) is 0 Å². The summed E-state index contributed by atoms with van der Waals surface area (Å²) in [5.41, 5.74) is 0. The van der Waals surface area contributed by atoms with Gasteiger partial charge in [0.25, 0.3) is 0 Å². The van der Waals surface area contributed by atoms with Crippen LogP contribution in [0.4, 0.5) is 4.79 Å². The quantitative estimate of drug-likeness (QED) is 0.0881. The fraction of sp³-hybridized carbons (Fsp3) is 0.967. The maximum absolute atomic E-state index is 12.0. The van der Waals surface area contributed by atoms with Crippen LogP contribution < -0.4 is 0 Å². The van der Waals surface area contributed by atoms with Gasteiger partial charge in [-0.3, -0.25) is 0 Å². The third kappa shape index (κ3) is 21.0. The summed E-state index contributed by atoms with van der Waals surface area (Å²) >= 11 is 0. The van der Waals surface area contributed by atoms with Crippen LogP contribution in [0.1, 0.15) is 135 Å². The molecule has 0 saturated carbocycles. The van der Waals surface area contributed by atoms with Gasteiger partial charge in [-0.05, 0) is 6.42 Å². The molecule has 0 aliphatic heterocycles. The number of ether oxygens (including phenoxy) is 1. The molecule has 0 saturated heterocycles. The smallest absolute Gasteiger partial charge is 0.409 e. The van der Waals surface area contributed by atoms with E-state index in [-0.39, 0.29) is 6.54 Å². The number of hydrogen-bond acceptors (Lipinski definition) is 7. The number of nitrogens with zero attached hydrogens (tertiary/aromatic N) is 1. The SMILES string of the molecule is CCCCCCCCCCCCCCCCCCCCCCOC(=O)N(C)C[C@H](O)[C@@H](O)[C@H](O)[C@H](O)CO. The fourth-order valence-corrected chi connectivity index (χ4v) is 4.65. The second-order valence-corrected chi connectivity index (χ2v) is 11.0. The Labute approximate surface area is 232 Å². The van der Waals surface area contributed by atoms with Gasteiger partial charge in [0.2, 0.25) is 0 Å². The third-order valence-corrected chi connectivity index (χ3v) is 7.32. The molecule has 1 amide bonds. The molecule has 5 N–H and O–H groups in total. The van der Waals surface area contributed by atoms with E-state index in [1.807, 2.05) is 0 Å². The molecule has 0 heterocycles. The molecule has 0 rings (SSSR count). The summed E-state index contributed by atoms with van der Waals surface area (Å²) in [5, 5.41) is 47.6. The minimum absolute atomic E-state index is 0.269. The molecule has 0 aromatic heterocycles. The van der Waals surface area contributed by atoms with Crippen molar-refractivity contribution in [3.05, 3.63) is 0 Å². The number of rotatable bonds is 27. The predicted molar refractivity (Wildman–Crippen MR) is 153 cm³/mol. The van der Waals surface area contributed by atoms with E-state index in [4.69, 9.17) is 9.84 Å². The monoisotopic (exact) mass is 547 g/mol. The van der Waals surface area contributed by atoms with Gasteiger partial charge in [0, 0.05) is 7.05 Å². The molecule has 0 aromatic carbocycles. The molecule has 0 radical (unpaired) electrons. The summed E-state index contributed by atoms with van der Waals surface area (Å²) in [6.45, 7) is 1.55. The van der Waals surface area contributed by atoms with Crippen LogP contribution in [0.15, 0.2) is 0 Å². The lowest BCUT2D eigenvalue weighted by atomic mass is 10.0. The van der Waals surface area contributed by atoms with Crippen LogP contribution in [0.5, 0.6) is 0 Å². The number of likely N-dealkylation sites (N-methyl/N-ethyl adjacent to an activating group) is 1. The van der Waals surface area contributed by atoms with Crippen molar-refractivity contribution in [1.29, 1.82) is 0 Å². The molecule has 38 heavy (non-hydrogen) atoms. The third-order valence-electron chi connectivity index (χ3n) is 7.32. The van der Waals surface area contributed by atoms with Crippen LogP contribution in [0.2, 0.25) is 0 Å². The number of carbonyl (C=O) groups excluding carboxylic acids is 1. The Kier molecular flexibility index (Phi) is 25.7. The highest BCUT2D eigenvalue weighted by molar-refractivity contribution is 5.67. The Morgan fingerprint density at radius 1 is 0.605 bits per heavy atom. The van der Waals surface area contributed by atoms with Crippen molar-refractivity contribution in [3.8, 4) is 0 Å². The minimum atomic E-state index is -1.71. The summed E-state index contributed by atoms with van der Waals surface area (Å²) in [4.78, 5) is 13.1. The summed E-state index contributed by atoms with van der Waals surface area (Å²) in [7, 11) is 1.42. The number of aliphatic hydroxyl groups is 5. The molecular formula is C30H61NO7. The van der Waals surface area contributed by atoms with Crippen molar-refractivity contribution in [2.24, 2.45) is 0 Å². The first-order chi connectivity index (χ1) is 18.3. The highest BCUT2D eigenvalue weighted by Crippen LogP contribution is 2.15. The van der Waals surface area contributed by atoms with Crippen molar-refractivity contribution in [3.63, 3.8) is 0 Å². The van der Waals surface area contributed by atoms with Gasteiger partial charge >= 0.3 is 6.09 Å². The molecule has 0 fully saturated rings. The van der Waals surface area contributed by atoms with Gasteiger partial charge in [-0.1, -0.05) is 129 Å². The van der Waals surface area contributed by atoms with E-state index in [2.05, 4.69) is 6.92 Å². The van der Waals surface area contributed by atoms with E-state index in [1.54, 1.807) is 0 Å². The van der Waals surface area contributed by atoms with Gasteiger partial charge in [0.05, 0.1) is 19.8 Å². The Morgan fingerprint density at radius 2 is 0.947 bits per heavy atom. The van der Waals surface area contributed by atoms with Gasteiger partial charge in [0.1, 0.15) is 24.4 Å². The van der Waals surface area contributed by atoms with E-state index in [9.17, 15) is 25.2 Å². The van der Waals surface area contributed by atoms with Crippen LogP contribution in [-0.2, 0) is 4.74 Å². The molecule has 0 aromatic rings. The molecule has 0 aliphatic carbocycles. The molecule has 0 aliphatic rings. The van der Waals surface area contributed by atoms with E-state index < -0.39 is 37.1 Å². The zero-order chi connectivity index (χ0) is 28.4. The normalized spacial score (nSPS) is 14.7. The zero-order valence-electron chi connectivity index (χ0n) is 24.6. The first-order valence-corrected chi connectivity index (χ1v) is 15.6. The average Bonchev–Trinajstić information content (AvgIpc) is 2.92. The lowest BCUT2D eigenvalue weighted by molar-refractivity contribution is -0.117. The highest BCUT2D eigenvalue weighted by Gasteiger charge is 2.31. The Bertz CT molecular complexity index is 523. The van der Waals surface area contributed by atoms with E-state index >= 15 is 0 Å². The second kappa shape index (κ2) is 26.3. The molecule has 8 heteroatoms. The maximum atomic E-state index is 12.0. The molecule has 8 nitrogen and oxygen atoms in total. The van der Waals surface area contributed by atoms with E-state index in [0.717, 1.165) is 24.2 Å². The summed E-state index contributed by atoms with van der Waals surface area (Å²) in [5.74, 6) is 0. The number of carbonyl (C=O) groups is 1. The lowest BCUT2D eigenvalue weighted by Crippen LogP contribution is -2.50. The largest absolute Gasteiger partial charge is 0.449 e. The van der Waals surface area contributed by atoms with Crippen LogP contribution in [-0.4, -0.2) is 87.7 Å². The highest BCUT2D eigenvalue weighted by atomic mass is 16.6. The Balaban J connectivity index is 3.46. The minimum Gasteiger partial charge on any atom is -0.449 e. The second-order valence-electron chi connectivity index (χ2n) is 11.0. The van der Waals surface area contributed by atoms with Gasteiger partial charge in [-0.2, -0.15) is 0 Å². The number of amides is 1. The average molecular weight is 548 g/mol. The topological polar surface area (TPSA) is 131 Å². The summed E-state index contributed by atoms with van der Waals surface area (Å²) < 4.78 is 5.19. The van der Waals surface area contributed by atoms with Crippen LogP contribution >= 0.6 is 0 Å². The molecule has 0 unspecified atom stereocenters. The maximum Gasteiger partial charge on any atom is 0.409 e. The number of hydrogen-bond donors (Lipinski definition) is 5. The van der Waals surface area contributed by atoms with Crippen molar-refractivity contribution in [1.82, 2.24) is 4.90 Å². The lowest BCUT2D eigenvalue weighted by Gasteiger charge is -2.28. The molecular weight excluding hydrogens is 486 g/mol. The number of aliphatic hydroxyl groups excluding tert-OH is 5. The van der Waals surface area contributed by atoms with E-state index in [0.29, 0.717) is 6.61 Å². The molecule has 228 valence electrons.